The summed E-state index contributed by atoms with van der Waals surface area (Å²) in [5.41, 5.74) is 0. The average molecular weight is 320 g/mol. The molecule has 0 unspecified atom stereocenters. The number of hydrogen-bond acceptors (Lipinski definition) is 8. The number of thioether (sulfide) groups is 1. The van der Waals surface area contributed by atoms with Crippen LogP contribution in [0.1, 0.15) is 5.82 Å². The second-order valence-corrected chi connectivity index (χ2v) is 5.23. The molecule has 0 fully saturated rings. The maximum atomic E-state index is 11.8. The topological polar surface area (TPSA) is 112 Å². The van der Waals surface area contributed by atoms with E-state index in [4.69, 9.17) is 8.94 Å². The monoisotopic (exact) mass is 320 g/mol. The van der Waals surface area contributed by atoms with Crippen LogP contribution >= 0.6 is 11.8 Å². The van der Waals surface area contributed by atoms with E-state index < -0.39 is 0 Å². The number of hydrogen-bond donors (Lipinski definition) is 1. The van der Waals surface area contributed by atoms with Crippen molar-refractivity contribution in [1.82, 2.24) is 30.2 Å². The molecule has 0 bridgehead atoms. The van der Waals surface area contributed by atoms with Crippen molar-refractivity contribution in [3.8, 4) is 11.7 Å². The van der Waals surface area contributed by atoms with E-state index in [1.165, 1.54) is 18.0 Å². The lowest BCUT2D eigenvalue weighted by Gasteiger charge is -2.01. The minimum atomic E-state index is -0.155. The first kappa shape index (κ1) is 14.3. The van der Waals surface area contributed by atoms with E-state index in [2.05, 4.69) is 25.7 Å². The van der Waals surface area contributed by atoms with Crippen molar-refractivity contribution in [2.75, 3.05) is 5.75 Å². The van der Waals surface area contributed by atoms with E-state index >= 15 is 0 Å². The summed E-state index contributed by atoms with van der Waals surface area (Å²) in [6, 6.07) is 3.44. The van der Waals surface area contributed by atoms with Gasteiger partial charge >= 0.3 is 0 Å². The Morgan fingerprint density at radius 2 is 2.41 bits per heavy atom. The van der Waals surface area contributed by atoms with Crippen LogP contribution in [0.2, 0.25) is 0 Å². The van der Waals surface area contributed by atoms with Crippen molar-refractivity contribution in [3.63, 3.8) is 0 Å². The Morgan fingerprint density at radius 1 is 1.50 bits per heavy atom. The number of aryl methyl sites for hydroxylation is 1. The van der Waals surface area contributed by atoms with Gasteiger partial charge in [0.05, 0.1) is 18.6 Å². The summed E-state index contributed by atoms with van der Waals surface area (Å²) in [6.07, 6.45) is 3.10. The largest absolute Gasteiger partial charge is 0.459 e. The van der Waals surface area contributed by atoms with E-state index in [-0.39, 0.29) is 24.1 Å². The lowest BCUT2D eigenvalue weighted by Crippen LogP contribution is -2.25. The summed E-state index contributed by atoms with van der Waals surface area (Å²) in [4.78, 5) is 15.9. The zero-order valence-electron chi connectivity index (χ0n) is 11.6. The molecule has 0 saturated heterocycles. The fourth-order valence-corrected chi connectivity index (χ4v) is 2.31. The maximum absolute atomic E-state index is 11.8. The smallest absolute Gasteiger partial charge is 0.293 e. The van der Waals surface area contributed by atoms with Crippen molar-refractivity contribution in [2.24, 2.45) is 7.05 Å². The van der Waals surface area contributed by atoms with Crippen LogP contribution in [0.15, 0.2) is 38.8 Å². The second-order valence-electron chi connectivity index (χ2n) is 4.28. The Morgan fingerprint density at radius 3 is 3.14 bits per heavy atom. The highest BCUT2D eigenvalue weighted by atomic mass is 32.2. The molecule has 1 N–H and O–H groups in total. The predicted octanol–water partition coefficient (Wildman–Crippen LogP) is 0.867. The fraction of sp³-hybridized carbons (Fsp3) is 0.250. The molecule has 0 aromatic carbocycles. The summed E-state index contributed by atoms with van der Waals surface area (Å²) in [5.74, 6) is 1.22. The van der Waals surface area contributed by atoms with Crippen LogP contribution in [0.25, 0.3) is 11.7 Å². The van der Waals surface area contributed by atoms with Gasteiger partial charge in [-0.2, -0.15) is 4.98 Å². The van der Waals surface area contributed by atoms with E-state index in [0.717, 1.165) is 0 Å². The minimum absolute atomic E-state index is 0.155. The van der Waals surface area contributed by atoms with Crippen molar-refractivity contribution < 1.29 is 13.7 Å². The molecule has 114 valence electrons. The van der Waals surface area contributed by atoms with Crippen LogP contribution < -0.4 is 5.32 Å². The van der Waals surface area contributed by atoms with E-state index in [9.17, 15) is 4.79 Å². The van der Waals surface area contributed by atoms with Gasteiger partial charge < -0.3 is 18.8 Å². The Kier molecular flexibility index (Phi) is 4.19. The molecular weight excluding hydrogens is 308 g/mol. The summed E-state index contributed by atoms with van der Waals surface area (Å²) >= 11 is 1.30. The number of aromatic nitrogens is 5. The fourth-order valence-electron chi connectivity index (χ4n) is 1.59. The predicted molar refractivity (Wildman–Crippen MR) is 75.6 cm³/mol. The summed E-state index contributed by atoms with van der Waals surface area (Å²) in [7, 11) is 1.82. The number of nitrogens with zero attached hydrogens (tertiary/aromatic N) is 5. The third-order valence-electron chi connectivity index (χ3n) is 2.65. The maximum Gasteiger partial charge on any atom is 0.293 e. The molecule has 3 rings (SSSR count). The van der Waals surface area contributed by atoms with E-state index in [1.54, 1.807) is 23.0 Å². The zero-order chi connectivity index (χ0) is 15.4. The summed E-state index contributed by atoms with van der Waals surface area (Å²) in [6.45, 7) is 0.183. The van der Waals surface area contributed by atoms with Crippen molar-refractivity contribution in [3.05, 3.63) is 30.5 Å². The van der Waals surface area contributed by atoms with Gasteiger partial charge in [0, 0.05) is 7.05 Å². The van der Waals surface area contributed by atoms with Crippen LogP contribution in [0.3, 0.4) is 0 Å². The minimum Gasteiger partial charge on any atom is -0.459 e. The van der Waals surface area contributed by atoms with Gasteiger partial charge in [-0.05, 0) is 12.1 Å². The van der Waals surface area contributed by atoms with Gasteiger partial charge in [0.25, 0.3) is 5.89 Å². The first-order valence-corrected chi connectivity index (χ1v) is 7.31. The normalized spacial score (nSPS) is 10.8. The van der Waals surface area contributed by atoms with Gasteiger partial charge in [-0.15, -0.1) is 10.2 Å². The lowest BCUT2D eigenvalue weighted by atomic mass is 10.4. The highest BCUT2D eigenvalue weighted by Crippen LogP contribution is 2.17. The molecule has 1 amide bonds. The molecule has 3 heterocycles. The number of nitrogens with one attached hydrogen (secondary N) is 1. The van der Waals surface area contributed by atoms with Gasteiger partial charge in [0.2, 0.25) is 5.91 Å². The Labute approximate surface area is 129 Å². The zero-order valence-corrected chi connectivity index (χ0v) is 12.4. The highest BCUT2D eigenvalue weighted by Gasteiger charge is 2.12. The lowest BCUT2D eigenvalue weighted by molar-refractivity contribution is -0.118. The summed E-state index contributed by atoms with van der Waals surface area (Å²) < 4.78 is 11.9. The molecule has 0 radical (unpaired) electrons. The first-order valence-electron chi connectivity index (χ1n) is 6.32. The van der Waals surface area contributed by atoms with Gasteiger partial charge in [-0.1, -0.05) is 16.9 Å². The van der Waals surface area contributed by atoms with E-state index in [1.807, 2.05) is 7.05 Å². The molecule has 0 atom stereocenters. The van der Waals surface area contributed by atoms with Crippen molar-refractivity contribution in [2.45, 2.75) is 11.7 Å². The molecule has 9 nitrogen and oxygen atoms in total. The Bertz CT molecular complexity index is 751. The first-order chi connectivity index (χ1) is 10.7. The molecule has 10 heteroatoms. The molecular formula is C12H12N6O3S. The van der Waals surface area contributed by atoms with Gasteiger partial charge in [-0.3, -0.25) is 4.79 Å². The average Bonchev–Trinajstić information content (AvgIpc) is 3.24. The summed E-state index contributed by atoms with van der Waals surface area (Å²) in [5, 5.41) is 14.8. The van der Waals surface area contributed by atoms with Gasteiger partial charge in [-0.25, -0.2) is 0 Å². The van der Waals surface area contributed by atoms with E-state index in [0.29, 0.717) is 16.7 Å². The molecule has 3 aromatic heterocycles. The van der Waals surface area contributed by atoms with Crippen molar-refractivity contribution in [1.29, 1.82) is 0 Å². The molecule has 3 aromatic rings. The van der Waals surface area contributed by atoms with Gasteiger partial charge in [0.15, 0.2) is 16.7 Å². The van der Waals surface area contributed by atoms with Gasteiger partial charge in [0.1, 0.15) is 6.33 Å². The molecule has 0 aliphatic rings. The molecule has 0 spiro atoms. The number of furan rings is 1. The molecule has 0 aliphatic heterocycles. The SMILES string of the molecule is Cn1cnnc1SCC(=O)NCc1noc(-c2ccco2)n1. The Hall–Kier alpha value is -2.62. The molecule has 0 aliphatic carbocycles. The third kappa shape index (κ3) is 3.34. The number of rotatable bonds is 6. The quantitative estimate of drug-likeness (QED) is 0.666. The van der Waals surface area contributed by atoms with Crippen LogP contribution in [-0.2, 0) is 18.4 Å². The van der Waals surface area contributed by atoms with Crippen LogP contribution in [0.4, 0.5) is 0 Å². The van der Waals surface area contributed by atoms with Crippen LogP contribution in [0, 0.1) is 0 Å². The standard InChI is InChI=1S/C12H12N6O3S/c1-18-7-14-16-12(18)22-6-10(19)13-5-9-15-11(21-17-9)8-3-2-4-20-8/h2-4,7H,5-6H2,1H3,(H,13,19). The van der Waals surface area contributed by atoms with Crippen LogP contribution in [0.5, 0.6) is 0 Å². The number of amides is 1. The number of carbonyl (C=O) groups is 1. The highest BCUT2D eigenvalue weighted by molar-refractivity contribution is 7.99. The third-order valence-corrected chi connectivity index (χ3v) is 3.68. The molecule has 0 saturated carbocycles. The second kappa shape index (κ2) is 6.43. The van der Waals surface area contributed by atoms with Crippen molar-refractivity contribution >= 4 is 17.7 Å². The Balaban J connectivity index is 1.48. The number of carbonyl (C=O) groups excluding carboxylic acids is 1. The molecule has 22 heavy (non-hydrogen) atoms. The van der Waals surface area contributed by atoms with Crippen LogP contribution in [-0.4, -0.2) is 36.6 Å².